The van der Waals surface area contributed by atoms with Crippen molar-refractivity contribution in [1.29, 1.82) is 0 Å². The van der Waals surface area contributed by atoms with Crippen LogP contribution in [0.2, 0.25) is 20.1 Å². The number of alkyl carbamates (subject to hydrolysis) is 4. The number of aromatic carboxylic acids is 1. The highest BCUT2D eigenvalue weighted by Gasteiger charge is 2.49. The third kappa shape index (κ3) is 24.4. The number of carbonyl (C=O) groups excluding carboxylic acids is 6. The van der Waals surface area contributed by atoms with Crippen LogP contribution in [0.4, 0.5) is 19.2 Å². The quantitative estimate of drug-likeness (QED) is 0.0226. The molecule has 8 rings (SSSR count). The van der Waals surface area contributed by atoms with Gasteiger partial charge < -0.3 is 24.1 Å². The second-order valence-electron chi connectivity index (χ2n) is 28.7. The van der Waals surface area contributed by atoms with Crippen molar-refractivity contribution in [3.8, 4) is 0 Å². The van der Waals surface area contributed by atoms with Crippen LogP contribution in [0.25, 0.3) is 0 Å². The summed E-state index contributed by atoms with van der Waals surface area (Å²) in [5.41, 5.74) is -6.12. The Labute approximate surface area is 682 Å². The highest BCUT2D eigenvalue weighted by molar-refractivity contribution is 9.11. The van der Waals surface area contributed by atoms with Gasteiger partial charge in [0.2, 0.25) is 63.9 Å². The van der Waals surface area contributed by atoms with E-state index in [4.69, 9.17) is 82.2 Å². The molecular formula is C60H91BBrCl4N14O20S8. The van der Waals surface area contributed by atoms with E-state index in [0.717, 1.165) is 55.0 Å². The molecule has 0 saturated carbocycles. The van der Waals surface area contributed by atoms with Gasteiger partial charge in [0.1, 0.15) is 49.4 Å². The topological polar surface area (TPSA) is 462 Å². The predicted octanol–water partition coefficient (Wildman–Crippen LogP) is 11.0. The number of sulfonamides is 4. The minimum atomic E-state index is -3.85. The maximum absolute atomic E-state index is 12.7. The molecule has 4 aliphatic rings. The summed E-state index contributed by atoms with van der Waals surface area (Å²) in [6.07, 6.45) is -3.32. The molecule has 3 radical (unpaired) electrons. The largest absolute Gasteiger partial charge is 0.477 e. The van der Waals surface area contributed by atoms with Crippen LogP contribution in [0.3, 0.4) is 0 Å². The smallest absolute Gasteiger partial charge is 0.414 e. The minimum Gasteiger partial charge on any atom is -0.477 e. The third-order valence-electron chi connectivity index (χ3n) is 14.2. The van der Waals surface area contributed by atoms with E-state index in [-0.39, 0.29) is 82.1 Å². The predicted molar refractivity (Wildman–Crippen MR) is 431 cm³/mol. The van der Waals surface area contributed by atoms with Crippen molar-refractivity contribution in [2.75, 3.05) is 51.2 Å². The van der Waals surface area contributed by atoms with Gasteiger partial charge in [-0.25, -0.2) is 101 Å². The number of guanidine groups is 4. The molecule has 8 heterocycles. The van der Waals surface area contributed by atoms with Crippen LogP contribution in [-0.4, -0.2) is 204 Å². The number of nitrogen functional groups attached to an aromatic ring is 1. The Bertz CT molecular complexity index is 4680. The van der Waals surface area contributed by atoms with Crippen LogP contribution >= 0.6 is 108 Å². The van der Waals surface area contributed by atoms with E-state index < -0.39 is 132 Å². The number of nitrogens with two attached hydrogens (primary N) is 1. The first-order valence-corrected chi connectivity index (χ1v) is 43.1. The van der Waals surface area contributed by atoms with Gasteiger partial charge in [0.25, 0.3) is 5.91 Å². The number of nitrogens with one attached hydrogen (secondary N) is 5. The molecule has 0 unspecified atom stereocenters. The van der Waals surface area contributed by atoms with Crippen molar-refractivity contribution >= 4 is 222 Å². The molecule has 0 aromatic carbocycles. The van der Waals surface area contributed by atoms with E-state index in [1.54, 1.807) is 110 Å². The molecule has 0 saturated heterocycles. The number of nitrogens with zero attached hydrogens (tertiary/aromatic N) is 8. The highest BCUT2D eigenvalue weighted by Crippen LogP contribution is 2.46. The van der Waals surface area contributed by atoms with Gasteiger partial charge in [-0.2, -0.15) is 0 Å². The zero-order valence-corrected chi connectivity index (χ0v) is 73.4. The Morgan fingerprint density at radius 2 is 0.694 bits per heavy atom. The number of rotatable bonds is 7. The zero-order chi connectivity index (χ0) is 86.3. The molecule has 4 atom stereocenters. The van der Waals surface area contributed by atoms with E-state index in [1.807, 2.05) is 5.43 Å². The van der Waals surface area contributed by atoms with Gasteiger partial charge in [-0.15, -0.1) is 45.3 Å². The van der Waals surface area contributed by atoms with Crippen molar-refractivity contribution in [3.63, 3.8) is 0 Å². The molecule has 34 nitrogen and oxygen atoms in total. The molecule has 0 bridgehead atoms. The van der Waals surface area contributed by atoms with Crippen LogP contribution in [0.5, 0.6) is 0 Å². The molecule has 48 heteroatoms. The van der Waals surface area contributed by atoms with Crippen LogP contribution in [0, 0.1) is 0 Å². The number of carboxylic acid groups (broad SMARTS) is 1. The lowest BCUT2D eigenvalue weighted by Gasteiger charge is -2.35. The maximum Gasteiger partial charge on any atom is 0.414 e. The summed E-state index contributed by atoms with van der Waals surface area (Å²) >= 11 is 32.4. The van der Waals surface area contributed by atoms with Crippen LogP contribution in [0.15, 0.2) is 48.0 Å². The Kier molecular flexibility index (Phi) is 28.6. The molecule has 0 aliphatic carbocycles. The van der Waals surface area contributed by atoms with Crippen LogP contribution in [-0.2, 0) is 81.2 Å². The second kappa shape index (κ2) is 34.0. The van der Waals surface area contributed by atoms with Gasteiger partial charge in [0.05, 0.1) is 76.2 Å². The van der Waals surface area contributed by atoms with Gasteiger partial charge in [0.15, 0.2) is 5.78 Å². The Morgan fingerprint density at radius 1 is 0.472 bits per heavy atom. The fraction of sp³-hybridized carbons (Fsp3) is 0.550. The summed E-state index contributed by atoms with van der Waals surface area (Å²) in [5, 5.41) is 19.6. The number of thiophene rings is 4. The first-order valence-electron chi connectivity index (χ1n) is 33.1. The average molecular weight is 1820 g/mol. The number of ketones is 1. The van der Waals surface area contributed by atoms with Crippen molar-refractivity contribution in [1.82, 2.24) is 43.9 Å². The van der Waals surface area contributed by atoms with Gasteiger partial charge in [0, 0.05) is 45.4 Å². The normalized spacial score (nSPS) is 22.2. The van der Waals surface area contributed by atoms with Crippen molar-refractivity contribution in [2.45, 2.75) is 162 Å². The third-order valence-corrected chi connectivity index (χ3v) is 29.7. The summed E-state index contributed by atoms with van der Waals surface area (Å²) in [6.45, 7) is 27.9. The Balaban J connectivity index is 0.00000146. The van der Waals surface area contributed by atoms with Crippen molar-refractivity contribution < 1.29 is 100 Å². The molecule has 4 aliphatic heterocycles. The van der Waals surface area contributed by atoms with E-state index >= 15 is 0 Å². The van der Waals surface area contributed by atoms with E-state index in [2.05, 4.69) is 57.2 Å². The lowest BCUT2D eigenvalue weighted by molar-refractivity contribution is 0.0546. The fourth-order valence-corrected chi connectivity index (χ4v) is 22.5. The van der Waals surface area contributed by atoms with Crippen molar-refractivity contribution in [2.24, 2.45) is 25.8 Å². The molecule has 108 heavy (non-hydrogen) atoms. The van der Waals surface area contributed by atoms with Crippen molar-refractivity contribution in [3.05, 3.63) is 82.3 Å². The second-order valence-corrected chi connectivity index (χ2v) is 43.9. The fourth-order valence-electron chi connectivity index (χ4n) is 9.53. The van der Waals surface area contributed by atoms with Crippen LogP contribution < -0.4 is 32.5 Å². The molecular weight excluding hydrogens is 1730 g/mol. The number of amides is 5. The molecule has 607 valence electrons. The molecule has 4 aromatic rings. The summed E-state index contributed by atoms with van der Waals surface area (Å²) in [7, 11) is -10.0. The Hall–Kier alpha value is -6.17. The van der Waals surface area contributed by atoms with Gasteiger partial charge in [-0.3, -0.25) is 36.3 Å². The molecule has 0 spiro atoms. The summed E-state index contributed by atoms with van der Waals surface area (Å²) < 4.78 is 146. The van der Waals surface area contributed by atoms with Gasteiger partial charge in [-0.1, -0.05) is 46.4 Å². The molecule has 4 aromatic heterocycles. The molecule has 5 amide bonds. The van der Waals surface area contributed by atoms with Crippen LogP contribution in [0.1, 0.15) is 175 Å². The number of aliphatic imine (C=N–C) groups is 4. The van der Waals surface area contributed by atoms with E-state index in [0.29, 0.717) is 24.5 Å². The maximum atomic E-state index is 12.7. The number of carboxylic acids is 1. The first kappa shape index (κ1) is 90.7. The van der Waals surface area contributed by atoms with Gasteiger partial charge in [-0.05, 0) is 158 Å². The summed E-state index contributed by atoms with van der Waals surface area (Å²) in [4.78, 5) is 103. The summed E-state index contributed by atoms with van der Waals surface area (Å²) in [5.74, 6) is 1.04. The molecule has 0 fully saturated rings. The monoisotopic (exact) mass is 1820 g/mol. The number of hydrazine groups is 1. The molecule has 8 N–H and O–H groups in total. The van der Waals surface area contributed by atoms with E-state index in [1.165, 1.54) is 71.6 Å². The number of hydrogen-bond acceptors (Lipinski definition) is 28. The summed E-state index contributed by atoms with van der Waals surface area (Å²) in [6, 6.07) is 5.82. The highest BCUT2D eigenvalue weighted by atomic mass is 79.9. The SMILES string of the molecule is CC(=O)c1cc(Cl)c([C@]2(C)CS(=O)(=O)N(C)C(NC(=O)OC(C)(C)C)=N2)s1.CN1C(NC(=O)OC(C)(C)C)=N[C@](C)(c2sc(Br)cc2Cl)CS1(=O)=O.CN1C(NC(=O)OC(C)(C)C)=N[C@](C)(c2sc(C(=O)NN)cc2Cl)CS1(=O)=O.CN1C(NC(=O)OC(C)(C)C)=N[C@](C)(c2sc(C(=O)O)cc2Cl)CS1(=O)=O.[2HH].[2HH].[2H][2H].[2H][2H].[B]. The number of hydrogen-bond donors (Lipinski definition) is 7. The zero-order valence-electron chi connectivity index (χ0n) is 66.2. The number of carbonyl (C=O) groups is 7. The van der Waals surface area contributed by atoms with E-state index in [9.17, 15) is 67.2 Å². The number of Topliss-reactive ketones (excluding diaryl/α,β-unsaturated/α-hetero) is 1. The standard InChI is InChI=1S/C16H22ClN3O5S2.C15H22ClN5O5S2.C15H20ClN3O6S2.C14H19BrClN3O4S2.B.4H2/c1-9(21)11-7-10(17)12(26-11)16(5)8-27(23,24)20(6)13(19-16)18-14(22)25-15(2,3)4;1-14(2,3)26-13(23)18-12-19-15(4,7-28(24,25)21(12)5)10-8(16)6-9(27-10)11(22)20-17;1-14(2,3)25-13(22)17-12-18-15(4,7-27(23,24)19(12)5)10-8(16)6-9(26-10)11(20)21;1-13(2,3)23-12(20)17-11-18-14(4,7-25(21,22)19(11)5)10-8(16)6-9(15)24-10;;;;;/h7H,8H2,1-6H3,(H,18,19,22);6H,7,17H2,1-5H3,(H,20,22)(H,18,19,23);6H,7H2,1-5H3,(H,20,21)(H,17,18,22);6H,7H2,1-5H3,(H,17,18,20);;4*1H/t16-;2*15-;14-;;;;;/m0000...../s1/i;;;;;2*1+1D;2*1+1. The Morgan fingerprint density at radius 3 is 0.898 bits per heavy atom. The number of ether oxygens (including phenoxy) is 4. The average Bonchev–Trinajstić information content (AvgIpc) is 1.45. The minimum absolute atomic E-state index is 0. The number of halogens is 5. The lowest BCUT2D eigenvalue weighted by atomic mass is 10.0. The lowest BCUT2D eigenvalue weighted by Crippen LogP contribution is -2.53. The van der Waals surface area contributed by atoms with Gasteiger partial charge >= 0.3 is 30.3 Å². The first-order chi connectivity index (χ1) is 50.2.